The number of hydrogen-bond donors (Lipinski definition) is 1. The zero-order valence-electron chi connectivity index (χ0n) is 5.67. The summed E-state index contributed by atoms with van der Waals surface area (Å²) in [6.45, 7) is 0. The van der Waals surface area contributed by atoms with Gasteiger partial charge in [0.2, 0.25) is 5.17 Å². The Labute approximate surface area is 69.4 Å². The highest BCUT2D eigenvalue weighted by Crippen LogP contribution is 2.21. The smallest absolute Gasteiger partial charge is 0.250 e. The second-order valence-corrected chi connectivity index (χ2v) is 3.32. The van der Waals surface area contributed by atoms with Gasteiger partial charge in [-0.15, -0.1) is 0 Å². The zero-order valence-corrected chi connectivity index (χ0v) is 7.24. The maximum absolute atomic E-state index is 8.66. The number of nitrogens with zero attached hydrogens (tertiary/aromatic N) is 1. The van der Waals surface area contributed by atoms with Gasteiger partial charge in [-0.3, -0.25) is 0 Å². The minimum absolute atomic E-state index is 0.799. The molecule has 4 heteroatoms. The van der Waals surface area contributed by atoms with Crippen molar-refractivity contribution in [3.05, 3.63) is 11.1 Å². The maximum atomic E-state index is 8.66. The molecule has 2 nitrogen and oxygen atoms in total. The third-order valence-corrected chi connectivity index (χ3v) is 2.41. The molecular weight excluding hydrogens is 170 g/mol. The fraction of sp³-hybridized carbons (Fsp3) is 0.500. The maximum Gasteiger partial charge on any atom is 0.250 e. The Hall–Kier alpha value is 0.01000. The Morgan fingerprint density at radius 3 is 2.90 bits per heavy atom. The summed E-state index contributed by atoms with van der Waals surface area (Å²) in [5.41, 5.74) is 0. The van der Waals surface area contributed by atoms with Crippen LogP contribution in [0.4, 0.5) is 0 Å². The summed E-state index contributed by atoms with van der Waals surface area (Å²) < 4.78 is 10.5. The lowest BCUT2D eigenvalue weighted by atomic mass is 10.3. The van der Waals surface area contributed by atoms with Gasteiger partial charge < -0.3 is 4.55 Å². The van der Waals surface area contributed by atoms with Gasteiger partial charge in [0, 0.05) is 18.5 Å². The molecule has 0 atom stereocenters. The number of hydrogen-bond acceptors (Lipinski definition) is 2. The molecule has 0 bridgehead atoms. The highest BCUT2D eigenvalue weighted by Gasteiger charge is 2.15. The van der Waals surface area contributed by atoms with Crippen LogP contribution in [0.1, 0.15) is 12.8 Å². The molecular formula is C6H9ClNOS+. The fourth-order valence-corrected chi connectivity index (χ4v) is 1.36. The average molecular weight is 179 g/mol. The lowest BCUT2D eigenvalue weighted by molar-refractivity contribution is -0.423. The molecule has 0 aromatic rings. The predicted molar refractivity (Wildman–Crippen MR) is 44.6 cm³/mol. The minimum atomic E-state index is 0.799. The molecule has 0 saturated carbocycles. The van der Waals surface area contributed by atoms with Crippen molar-refractivity contribution in [3.8, 4) is 0 Å². The van der Waals surface area contributed by atoms with E-state index >= 15 is 0 Å². The Morgan fingerprint density at radius 2 is 2.40 bits per heavy atom. The van der Waals surface area contributed by atoms with Crippen LogP contribution in [0.15, 0.2) is 11.1 Å². The quantitative estimate of drug-likeness (QED) is 0.491. The summed E-state index contributed by atoms with van der Waals surface area (Å²) in [7, 11) is 1.87. The topological polar surface area (TPSA) is 23.2 Å². The van der Waals surface area contributed by atoms with E-state index in [0.29, 0.717) is 0 Å². The monoisotopic (exact) mass is 178 g/mol. The molecule has 0 aromatic heterocycles. The zero-order chi connectivity index (χ0) is 7.56. The van der Waals surface area contributed by atoms with E-state index < -0.39 is 0 Å². The third kappa shape index (κ3) is 1.75. The van der Waals surface area contributed by atoms with Crippen molar-refractivity contribution in [1.29, 1.82) is 0 Å². The van der Waals surface area contributed by atoms with Crippen molar-refractivity contribution in [3.63, 3.8) is 0 Å². The van der Waals surface area contributed by atoms with Crippen molar-refractivity contribution < 1.29 is 9.13 Å². The van der Waals surface area contributed by atoms with E-state index in [9.17, 15) is 0 Å². The average Bonchev–Trinajstić information content (AvgIpc) is 1.95. The summed E-state index contributed by atoms with van der Waals surface area (Å²) in [5.74, 6) is 0. The Bertz CT molecular complexity index is 200. The largest absolute Gasteiger partial charge is 0.326 e. The van der Waals surface area contributed by atoms with Crippen LogP contribution in [0.2, 0.25) is 0 Å². The van der Waals surface area contributed by atoms with E-state index in [2.05, 4.69) is 0 Å². The molecule has 0 unspecified atom stereocenters. The first-order chi connectivity index (χ1) is 4.74. The minimum Gasteiger partial charge on any atom is -0.326 e. The fourth-order valence-electron chi connectivity index (χ4n) is 0.822. The van der Waals surface area contributed by atoms with Gasteiger partial charge in [0.05, 0.1) is 4.91 Å². The van der Waals surface area contributed by atoms with E-state index in [4.69, 9.17) is 16.2 Å². The molecule has 10 heavy (non-hydrogen) atoms. The van der Waals surface area contributed by atoms with Gasteiger partial charge in [-0.2, -0.15) is 4.58 Å². The van der Waals surface area contributed by atoms with Gasteiger partial charge in [-0.05, 0) is 18.0 Å². The first-order valence-electron chi connectivity index (χ1n) is 3.00. The predicted octanol–water partition coefficient (Wildman–Crippen LogP) is 2.11. The Kier molecular flexibility index (Phi) is 2.77. The molecule has 0 amide bonds. The molecule has 0 spiro atoms. The van der Waals surface area contributed by atoms with Crippen LogP contribution in [0.3, 0.4) is 0 Å². The molecule has 1 heterocycles. The highest BCUT2D eigenvalue weighted by molar-refractivity contribution is 7.97. The van der Waals surface area contributed by atoms with Crippen LogP contribution in [0, 0.1) is 0 Å². The molecule has 0 aromatic carbocycles. The second-order valence-electron chi connectivity index (χ2n) is 2.17. The highest BCUT2D eigenvalue weighted by atomic mass is 35.5. The van der Waals surface area contributed by atoms with Gasteiger partial charge in [0.15, 0.2) is 6.20 Å². The van der Waals surface area contributed by atoms with E-state index in [1.807, 2.05) is 17.8 Å². The van der Waals surface area contributed by atoms with E-state index in [1.54, 1.807) is 0 Å². The summed E-state index contributed by atoms with van der Waals surface area (Å²) in [6, 6.07) is 0. The molecule has 1 aliphatic heterocycles. The van der Waals surface area contributed by atoms with Crippen LogP contribution in [0.25, 0.3) is 0 Å². The molecule has 0 aliphatic carbocycles. The first kappa shape index (κ1) is 8.11. The first-order valence-corrected chi connectivity index (χ1v) is 4.15. The van der Waals surface area contributed by atoms with Gasteiger partial charge in [0.1, 0.15) is 7.05 Å². The van der Waals surface area contributed by atoms with Gasteiger partial charge in [0.25, 0.3) is 0 Å². The van der Waals surface area contributed by atoms with Crippen molar-refractivity contribution in [1.82, 2.24) is 0 Å². The SMILES string of the molecule is C[N+]1=C(Cl)CCC(SO)=C1. The van der Waals surface area contributed by atoms with Crippen LogP contribution in [-0.2, 0) is 0 Å². The van der Waals surface area contributed by atoms with Crippen LogP contribution in [-0.4, -0.2) is 21.3 Å². The summed E-state index contributed by atoms with van der Waals surface area (Å²) >= 11 is 6.60. The molecule has 1 aliphatic rings. The third-order valence-electron chi connectivity index (χ3n) is 1.42. The lowest BCUT2D eigenvalue weighted by Gasteiger charge is -2.04. The van der Waals surface area contributed by atoms with Crippen LogP contribution < -0.4 is 0 Å². The van der Waals surface area contributed by atoms with E-state index in [0.717, 1.165) is 35.0 Å². The molecule has 0 radical (unpaired) electrons. The second kappa shape index (κ2) is 3.42. The summed E-state index contributed by atoms with van der Waals surface area (Å²) in [6.07, 6.45) is 3.53. The van der Waals surface area contributed by atoms with Crippen molar-refractivity contribution >= 4 is 28.8 Å². The lowest BCUT2D eigenvalue weighted by Crippen LogP contribution is -2.11. The van der Waals surface area contributed by atoms with Crippen LogP contribution >= 0.6 is 23.6 Å². The van der Waals surface area contributed by atoms with Crippen molar-refractivity contribution in [2.45, 2.75) is 12.8 Å². The molecule has 56 valence electrons. The summed E-state index contributed by atoms with van der Waals surface area (Å²) in [5, 5.41) is 0.831. The standard InChI is InChI=1S/C6H8ClNOS/c1-8-4-5(10-9)2-3-6(8)7/h4H,2-3H2,1H3/p+1. The van der Waals surface area contributed by atoms with Crippen molar-refractivity contribution in [2.24, 2.45) is 0 Å². The molecule has 1 N–H and O–H groups in total. The summed E-state index contributed by atoms with van der Waals surface area (Å²) in [4.78, 5) is 0.965. The van der Waals surface area contributed by atoms with Crippen molar-refractivity contribution in [2.75, 3.05) is 7.05 Å². The van der Waals surface area contributed by atoms with Gasteiger partial charge in [-0.25, -0.2) is 0 Å². The van der Waals surface area contributed by atoms with E-state index in [1.165, 1.54) is 0 Å². The number of rotatable bonds is 1. The van der Waals surface area contributed by atoms with Gasteiger partial charge in [-0.1, -0.05) is 0 Å². The van der Waals surface area contributed by atoms with Crippen LogP contribution in [0.5, 0.6) is 0 Å². The molecule has 1 rings (SSSR count). The Balaban J connectivity index is 2.76. The number of halogens is 1. The molecule has 0 fully saturated rings. The van der Waals surface area contributed by atoms with Gasteiger partial charge >= 0.3 is 0 Å². The van der Waals surface area contributed by atoms with E-state index in [-0.39, 0.29) is 0 Å². The number of allylic oxidation sites excluding steroid dienone is 1. The normalized spacial score (nSPS) is 19.3. The Morgan fingerprint density at radius 1 is 1.70 bits per heavy atom. The molecule has 0 saturated heterocycles.